The summed E-state index contributed by atoms with van der Waals surface area (Å²) in [6.45, 7) is 0. The first kappa shape index (κ1) is 13.6. The first-order chi connectivity index (χ1) is 8.59. The van der Waals surface area contributed by atoms with Crippen LogP contribution in [-0.4, -0.2) is 13.4 Å². The van der Waals surface area contributed by atoms with Crippen molar-refractivity contribution in [1.82, 2.24) is 4.98 Å². The molecule has 0 aliphatic rings. The molecule has 5 nitrogen and oxygen atoms in total. The lowest BCUT2D eigenvalue weighted by Gasteiger charge is -2.12. The van der Waals surface area contributed by atoms with Crippen LogP contribution in [0.25, 0.3) is 10.9 Å². The molecule has 0 fully saturated rings. The van der Waals surface area contributed by atoms with Gasteiger partial charge in [0.05, 0.1) is 16.5 Å². The van der Waals surface area contributed by atoms with E-state index in [2.05, 4.69) is 11.1 Å². The molecule has 9 heteroatoms. The van der Waals surface area contributed by atoms with Crippen LogP contribution in [0, 0.1) is 6.07 Å². The topological polar surface area (TPSA) is 93.0 Å². The van der Waals surface area contributed by atoms with Gasteiger partial charge < -0.3 is 4.98 Å². The number of nitrogens with one attached hydrogen (secondary N) is 1. The Bertz CT molecular complexity index is 809. The zero-order chi connectivity index (χ0) is 14.4. The lowest BCUT2D eigenvalue weighted by Crippen LogP contribution is -2.19. The highest BCUT2D eigenvalue weighted by Gasteiger charge is 2.36. The summed E-state index contributed by atoms with van der Waals surface area (Å²) in [5, 5.41) is 4.85. The van der Waals surface area contributed by atoms with Gasteiger partial charge in [0.1, 0.15) is 0 Å². The van der Waals surface area contributed by atoms with Crippen LogP contribution in [0.5, 0.6) is 0 Å². The third kappa shape index (κ3) is 2.61. The largest absolute Gasteiger partial charge is 0.417 e. The number of primary sulfonamides is 1. The molecule has 3 N–H and O–H groups in total. The van der Waals surface area contributed by atoms with Crippen LogP contribution in [0.15, 0.2) is 27.9 Å². The normalized spacial score (nSPS) is 12.8. The monoisotopic (exact) mass is 291 g/mol. The van der Waals surface area contributed by atoms with Crippen molar-refractivity contribution in [1.29, 1.82) is 0 Å². The van der Waals surface area contributed by atoms with Crippen LogP contribution in [0.2, 0.25) is 0 Å². The Balaban J connectivity index is 2.94. The predicted octanol–water partition coefficient (Wildman–Crippen LogP) is 0.994. The predicted molar refractivity (Wildman–Crippen MR) is 59.8 cm³/mol. The van der Waals surface area contributed by atoms with E-state index in [1.165, 1.54) is 0 Å². The van der Waals surface area contributed by atoms with E-state index >= 15 is 0 Å². The van der Waals surface area contributed by atoms with Crippen LogP contribution >= 0.6 is 0 Å². The van der Waals surface area contributed by atoms with Crippen LogP contribution in [0.4, 0.5) is 13.2 Å². The summed E-state index contributed by atoms with van der Waals surface area (Å²) in [5.41, 5.74) is -2.29. The molecule has 2 rings (SSSR count). The second-order valence-electron chi connectivity index (χ2n) is 3.72. The fourth-order valence-corrected chi connectivity index (χ4v) is 2.35. The Labute approximate surface area is 104 Å². The highest BCUT2D eigenvalue weighted by Crippen LogP contribution is 2.35. The molecule has 0 amide bonds. The number of sulfonamides is 1. The number of rotatable bonds is 1. The Morgan fingerprint density at radius 2 is 1.89 bits per heavy atom. The Kier molecular flexibility index (Phi) is 2.90. The van der Waals surface area contributed by atoms with Crippen molar-refractivity contribution in [2.75, 3.05) is 0 Å². The minimum Gasteiger partial charge on any atom is -0.321 e. The maximum Gasteiger partial charge on any atom is 0.417 e. The number of alkyl halides is 3. The summed E-state index contributed by atoms with van der Waals surface area (Å²) < 4.78 is 60.8. The first-order valence-electron chi connectivity index (χ1n) is 4.78. The van der Waals surface area contributed by atoms with Crippen LogP contribution < -0.4 is 10.7 Å². The molecule has 2 aromatic rings. The molecule has 101 valence electrons. The Morgan fingerprint density at radius 3 is 2.42 bits per heavy atom. The van der Waals surface area contributed by atoms with Crippen molar-refractivity contribution in [3.05, 3.63) is 40.2 Å². The van der Waals surface area contributed by atoms with Gasteiger partial charge >= 0.3 is 6.18 Å². The van der Waals surface area contributed by atoms with Gasteiger partial charge in [-0.25, -0.2) is 13.6 Å². The number of hydrogen-bond acceptors (Lipinski definition) is 3. The number of fused-ring (bicyclic) bond motifs is 1. The molecule has 0 atom stereocenters. The van der Waals surface area contributed by atoms with Crippen molar-refractivity contribution >= 4 is 20.9 Å². The zero-order valence-corrected chi connectivity index (χ0v) is 9.89. The number of aromatic amines is 1. The Hall–Kier alpha value is -1.87. The van der Waals surface area contributed by atoms with Crippen LogP contribution in [0.1, 0.15) is 5.56 Å². The molecule has 0 unspecified atom stereocenters. The SMILES string of the molecule is NS(=O)(=O)c1cc2c[c]c(=O)[nH]c2cc1C(F)(F)F. The summed E-state index contributed by atoms with van der Waals surface area (Å²) in [4.78, 5) is 12.1. The number of pyridine rings is 1. The van der Waals surface area contributed by atoms with E-state index in [-0.39, 0.29) is 10.9 Å². The lowest BCUT2D eigenvalue weighted by atomic mass is 10.1. The number of aromatic nitrogens is 1. The molecule has 19 heavy (non-hydrogen) atoms. The molecule has 0 bridgehead atoms. The first-order valence-corrected chi connectivity index (χ1v) is 6.32. The number of halogens is 3. The smallest absolute Gasteiger partial charge is 0.321 e. The van der Waals surface area contributed by atoms with Gasteiger partial charge in [-0.05, 0) is 18.2 Å². The average Bonchev–Trinajstić information content (AvgIpc) is 2.24. The van der Waals surface area contributed by atoms with Gasteiger partial charge in [0.25, 0.3) is 5.56 Å². The van der Waals surface area contributed by atoms with Crippen molar-refractivity contribution < 1.29 is 21.6 Å². The van der Waals surface area contributed by atoms with E-state index in [1.54, 1.807) is 0 Å². The summed E-state index contributed by atoms with van der Waals surface area (Å²) >= 11 is 0. The van der Waals surface area contributed by atoms with E-state index in [0.717, 1.165) is 12.1 Å². The molecular weight excluding hydrogens is 285 g/mol. The second kappa shape index (κ2) is 4.07. The van der Waals surface area contributed by atoms with E-state index < -0.39 is 32.2 Å². The summed E-state index contributed by atoms with van der Waals surface area (Å²) in [6, 6.07) is 4.55. The van der Waals surface area contributed by atoms with Gasteiger partial charge in [-0.3, -0.25) is 4.79 Å². The van der Waals surface area contributed by atoms with Crippen molar-refractivity contribution in [3.8, 4) is 0 Å². The van der Waals surface area contributed by atoms with Gasteiger partial charge in [-0.1, -0.05) is 0 Å². The molecule has 0 saturated heterocycles. The van der Waals surface area contributed by atoms with Crippen molar-refractivity contribution in [3.63, 3.8) is 0 Å². The molecular formula is C10H6F3N2O3S. The number of hydrogen-bond donors (Lipinski definition) is 2. The maximum atomic E-state index is 12.8. The standard InChI is InChI=1S/C10H6F3N2O3S/c11-10(12,13)6-4-7-5(1-2-9(16)15-7)3-8(6)19(14,17)18/h1,3-4H,(H,15,16)(H2,14,17,18). The van der Waals surface area contributed by atoms with Gasteiger partial charge in [0.15, 0.2) is 0 Å². The van der Waals surface area contributed by atoms with Crippen molar-refractivity contribution in [2.45, 2.75) is 11.1 Å². The summed E-state index contributed by atoms with van der Waals surface area (Å²) in [6.07, 6.45) is -4.91. The molecule has 0 spiro atoms. The van der Waals surface area contributed by atoms with Crippen molar-refractivity contribution in [2.24, 2.45) is 5.14 Å². The fraction of sp³-hybridized carbons (Fsp3) is 0.100. The second-order valence-corrected chi connectivity index (χ2v) is 5.25. The highest BCUT2D eigenvalue weighted by atomic mass is 32.2. The quantitative estimate of drug-likeness (QED) is 0.820. The third-order valence-corrected chi connectivity index (χ3v) is 3.32. The molecule has 0 aliphatic carbocycles. The molecule has 0 saturated carbocycles. The summed E-state index contributed by atoms with van der Waals surface area (Å²) in [5.74, 6) is 0. The average molecular weight is 291 g/mol. The molecule has 1 heterocycles. The van der Waals surface area contributed by atoms with Gasteiger partial charge in [0, 0.05) is 10.9 Å². The molecule has 1 aromatic carbocycles. The highest BCUT2D eigenvalue weighted by molar-refractivity contribution is 7.89. The fourth-order valence-electron chi connectivity index (χ4n) is 1.58. The summed E-state index contributed by atoms with van der Waals surface area (Å²) in [7, 11) is -4.54. The Morgan fingerprint density at radius 1 is 1.26 bits per heavy atom. The zero-order valence-electron chi connectivity index (χ0n) is 9.08. The van der Waals surface area contributed by atoms with Crippen LogP contribution in [-0.2, 0) is 16.2 Å². The van der Waals surface area contributed by atoms with E-state index in [0.29, 0.717) is 6.07 Å². The van der Waals surface area contributed by atoms with E-state index in [1.807, 2.05) is 0 Å². The van der Waals surface area contributed by atoms with E-state index in [9.17, 15) is 26.4 Å². The number of nitrogens with two attached hydrogens (primary N) is 1. The lowest BCUT2D eigenvalue weighted by molar-refractivity contribution is -0.139. The molecule has 1 radical (unpaired) electrons. The maximum absolute atomic E-state index is 12.8. The third-order valence-electron chi connectivity index (χ3n) is 2.37. The molecule has 0 aliphatic heterocycles. The molecule has 1 aromatic heterocycles. The van der Waals surface area contributed by atoms with Crippen LogP contribution in [0.3, 0.4) is 0 Å². The van der Waals surface area contributed by atoms with Gasteiger partial charge in [0.2, 0.25) is 10.0 Å². The van der Waals surface area contributed by atoms with Gasteiger partial charge in [-0.2, -0.15) is 13.2 Å². The van der Waals surface area contributed by atoms with Gasteiger partial charge in [-0.15, -0.1) is 0 Å². The minimum absolute atomic E-state index is 0.0802. The van der Waals surface area contributed by atoms with E-state index in [4.69, 9.17) is 5.14 Å². The number of benzene rings is 1. The minimum atomic E-state index is -4.91. The number of H-pyrrole nitrogens is 1.